The third-order valence-electron chi connectivity index (χ3n) is 10.2. The Kier molecular flexibility index (Phi) is 37.9. The van der Waals surface area contributed by atoms with Crippen molar-refractivity contribution in [3.05, 3.63) is 0 Å². The topological polar surface area (TPSA) is 78.9 Å². The van der Waals surface area contributed by atoms with Crippen molar-refractivity contribution < 1.29 is 28.6 Å². The molecule has 6 heteroatoms. The Morgan fingerprint density at radius 2 is 0.635 bits per heavy atom. The number of rotatable bonds is 40. The van der Waals surface area contributed by atoms with Crippen LogP contribution in [0.4, 0.5) is 0 Å². The average molecular weight is 737 g/mol. The fourth-order valence-corrected chi connectivity index (χ4v) is 6.75. The Morgan fingerprint density at radius 3 is 0.942 bits per heavy atom. The highest BCUT2D eigenvalue weighted by Crippen LogP contribution is 2.16. The van der Waals surface area contributed by atoms with Crippen LogP contribution in [0.1, 0.15) is 247 Å². The van der Waals surface area contributed by atoms with Gasteiger partial charge in [-0.25, -0.2) is 0 Å². The molecule has 0 saturated heterocycles. The highest BCUT2D eigenvalue weighted by atomic mass is 16.6. The summed E-state index contributed by atoms with van der Waals surface area (Å²) in [5.74, 6) is 0.779. The van der Waals surface area contributed by atoms with Crippen LogP contribution in [0.2, 0.25) is 0 Å². The van der Waals surface area contributed by atoms with Gasteiger partial charge in [0, 0.05) is 19.3 Å². The molecule has 0 aliphatic carbocycles. The smallest absolute Gasteiger partial charge is 0.306 e. The second-order valence-corrected chi connectivity index (χ2v) is 16.6. The first kappa shape index (κ1) is 50.4. The third-order valence-corrected chi connectivity index (χ3v) is 10.2. The molecule has 0 aromatic heterocycles. The van der Waals surface area contributed by atoms with Gasteiger partial charge < -0.3 is 14.2 Å². The predicted octanol–water partition coefficient (Wildman–Crippen LogP) is 14.2. The lowest BCUT2D eigenvalue weighted by Gasteiger charge is -2.18. The van der Waals surface area contributed by atoms with Crippen LogP contribution in [0.5, 0.6) is 0 Å². The van der Waals surface area contributed by atoms with Crippen LogP contribution in [0.15, 0.2) is 0 Å². The van der Waals surface area contributed by atoms with Gasteiger partial charge in [0.1, 0.15) is 13.2 Å². The summed E-state index contributed by atoms with van der Waals surface area (Å²) in [7, 11) is 0. The van der Waals surface area contributed by atoms with E-state index in [-0.39, 0.29) is 31.1 Å². The van der Waals surface area contributed by atoms with Gasteiger partial charge in [-0.05, 0) is 31.1 Å². The first-order valence-electron chi connectivity index (χ1n) is 22.7. The normalized spacial score (nSPS) is 12.1. The molecule has 0 radical (unpaired) electrons. The van der Waals surface area contributed by atoms with Crippen molar-refractivity contribution in [3.63, 3.8) is 0 Å². The van der Waals surface area contributed by atoms with Crippen molar-refractivity contribution in [3.8, 4) is 0 Å². The fourth-order valence-electron chi connectivity index (χ4n) is 6.75. The van der Waals surface area contributed by atoms with E-state index in [1.165, 1.54) is 135 Å². The van der Waals surface area contributed by atoms with Crippen LogP contribution >= 0.6 is 0 Å². The summed E-state index contributed by atoms with van der Waals surface area (Å²) >= 11 is 0. The van der Waals surface area contributed by atoms with Crippen molar-refractivity contribution in [1.82, 2.24) is 0 Å². The van der Waals surface area contributed by atoms with Crippen molar-refractivity contribution in [2.24, 2.45) is 11.8 Å². The summed E-state index contributed by atoms with van der Waals surface area (Å²) in [4.78, 5) is 37.6. The third kappa shape index (κ3) is 39.6. The molecule has 0 aliphatic rings. The predicted molar refractivity (Wildman–Crippen MR) is 220 cm³/mol. The molecule has 0 saturated carbocycles. The molecule has 0 rings (SSSR count). The minimum absolute atomic E-state index is 0.0653. The SMILES string of the molecule is CCCCCCCCCC(=O)OC[C@@H](COC(=O)CCCCCCCCCCCCCC(C)C)OC(=O)CCCCCCCCCCCCC(C)C. The minimum Gasteiger partial charge on any atom is -0.462 e. The monoisotopic (exact) mass is 737 g/mol. The van der Waals surface area contributed by atoms with E-state index >= 15 is 0 Å². The van der Waals surface area contributed by atoms with Crippen molar-refractivity contribution >= 4 is 17.9 Å². The van der Waals surface area contributed by atoms with E-state index in [1.807, 2.05) is 0 Å². The van der Waals surface area contributed by atoms with Gasteiger partial charge in [0.05, 0.1) is 0 Å². The lowest BCUT2D eigenvalue weighted by atomic mass is 10.0. The van der Waals surface area contributed by atoms with Crippen molar-refractivity contribution in [2.75, 3.05) is 13.2 Å². The molecule has 0 amide bonds. The number of ether oxygens (including phenoxy) is 3. The Balaban J connectivity index is 4.27. The number of carbonyl (C=O) groups is 3. The van der Waals surface area contributed by atoms with Crippen molar-refractivity contribution in [2.45, 2.75) is 253 Å². The quantitative estimate of drug-likeness (QED) is 0.0354. The second kappa shape index (κ2) is 39.1. The molecule has 1 atom stereocenters. The summed E-state index contributed by atoms with van der Waals surface area (Å²) < 4.78 is 16.7. The number of esters is 3. The molecule has 0 fully saturated rings. The summed E-state index contributed by atoms with van der Waals surface area (Å²) in [5, 5.41) is 0. The van der Waals surface area contributed by atoms with Gasteiger partial charge in [-0.3, -0.25) is 14.4 Å². The van der Waals surface area contributed by atoms with E-state index in [0.717, 1.165) is 69.6 Å². The summed E-state index contributed by atoms with van der Waals surface area (Å²) in [6, 6.07) is 0. The van der Waals surface area contributed by atoms with Gasteiger partial charge in [-0.2, -0.15) is 0 Å². The molecule has 0 spiro atoms. The van der Waals surface area contributed by atoms with Crippen LogP contribution in [0, 0.1) is 11.8 Å². The molecular weight excluding hydrogens is 649 g/mol. The lowest BCUT2D eigenvalue weighted by Crippen LogP contribution is -2.30. The molecule has 0 bridgehead atoms. The molecule has 0 unspecified atom stereocenters. The van der Waals surface area contributed by atoms with Crippen LogP contribution in [-0.2, 0) is 28.6 Å². The Labute approximate surface area is 323 Å². The van der Waals surface area contributed by atoms with Gasteiger partial charge in [-0.15, -0.1) is 0 Å². The zero-order valence-corrected chi connectivity index (χ0v) is 35.4. The highest BCUT2D eigenvalue weighted by Gasteiger charge is 2.19. The van der Waals surface area contributed by atoms with E-state index in [1.54, 1.807) is 0 Å². The van der Waals surface area contributed by atoms with E-state index in [9.17, 15) is 14.4 Å². The Hall–Kier alpha value is -1.59. The highest BCUT2D eigenvalue weighted by molar-refractivity contribution is 5.71. The molecule has 0 aromatic rings. The van der Waals surface area contributed by atoms with Gasteiger partial charge in [0.2, 0.25) is 0 Å². The molecule has 0 N–H and O–H groups in total. The zero-order valence-electron chi connectivity index (χ0n) is 35.4. The van der Waals surface area contributed by atoms with E-state index in [2.05, 4.69) is 34.6 Å². The molecule has 0 heterocycles. The number of hydrogen-bond acceptors (Lipinski definition) is 6. The summed E-state index contributed by atoms with van der Waals surface area (Å²) in [5.41, 5.74) is 0. The van der Waals surface area contributed by atoms with E-state index < -0.39 is 6.10 Å². The van der Waals surface area contributed by atoms with Crippen LogP contribution in [0.25, 0.3) is 0 Å². The lowest BCUT2D eigenvalue weighted by molar-refractivity contribution is -0.167. The largest absolute Gasteiger partial charge is 0.462 e. The van der Waals surface area contributed by atoms with Gasteiger partial charge in [-0.1, -0.05) is 208 Å². The fraction of sp³-hybridized carbons (Fsp3) is 0.935. The average Bonchev–Trinajstić information content (AvgIpc) is 3.11. The molecule has 6 nitrogen and oxygen atoms in total. The standard InChI is InChI=1S/C46H88O6/c1-6-7-8-9-19-26-31-36-44(47)50-39-43(52-46(49)38-33-28-23-18-14-13-16-21-25-30-35-42(4)5)40-51-45(48)37-32-27-22-17-12-10-11-15-20-24-29-34-41(2)3/h41-43H,6-40H2,1-5H3/t43-/m0/s1. The Bertz CT molecular complexity index is 794. The molecule has 0 aromatic carbocycles. The first-order chi connectivity index (χ1) is 25.2. The zero-order chi connectivity index (χ0) is 38.3. The molecular formula is C46H88O6. The van der Waals surface area contributed by atoms with Gasteiger partial charge in [0.15, 0.2) is 6.10 Å². The number of unbranched alkanes of at least 4 members (excludes halogenated alkanes) is 25. The van der Waals surface area contributed by atoms with Gasteiger partial charge >= 0.3 is 17.9 Å². The summed E-state index contributed by atoms with van der Waals surface area (Å²) in [6.07, 6.45) is 36.7. The van der Waals surface area contributed by atoms with Crippen LogP contribution in [-0.4, -0.2) is 37.2 Å². The van der Waals surface area contributed by atoms with Gasteiger partial charge in [0.25, 0.3) is 0 Å². The second-order valence-electron chi connectivity index (χ2n) is 16.6. The van der Waals surface area contributed by atoms with E-state index in [0.29, 0.717) is 19.3 Å². The maximum atomic E-state index is 12.7. The van der Waals surface area contributed by atoms with Crippen LogP contribution in [0.3, 0.4) is 0 Å². The number of carbonyl (C=O) groups excluding carboxylic acids is 3. The minimum atomic E-state index is -0.759. The summed E-state index contributed by atoms with van der Waals surface area (Å²) in [6.45, 7) is 11.3. The van der Waals surface area contributed by atoms with Crippen LogP contribution < -0.4 is 0 Å². The molecule has 52 heavy (non-hydrogen) atoms. The first-order valence-corrected chi connectivity index (χ1v) is 22.7. The number of hydrogen-bond donors (Lipinski definition) is 0. The van der Waals surface area contributed by atoms with Crippen molar-refractivity contribution in [1.29, 1.82) is 0 Å². The molecule has 308 valence electrons. The maximum absolute atomic E-state index is 12.7. The Morgan fingerprint density at radius 1 is 0.365 bits per heavy atom. The van der Waals surface area contributed by atoms with E-state index in [4.69, 9.17) is 14.2 Å². The molecule has 0 aliphatic heterocycles. The maximum Gasteiger partial charge on any atom is 0.306 e.